The maximum atomic E-state index is 13.1. The molecule has 1 unspecified atom stereocenters. The number of fused-ring (bicyclic) bond motifs is 1. The highest BCUT2D eigenvalue weighted by atomic mass is 16.5. The Morgan fingerprint density at radius 3 is 2.57 bits per heavy atom. The molecule has 0 aromatic heterocycles. The smallest absolute Gasteiger partial charge is 0.223 e. The molecule has 1 amide bonds. The molecule has 2 aromatic carbocycles. The lowest BCUT2D eigenvalue weighted by Gasteiger charge is -2.39. The Morgan fingerprint density at radius 2 is 1.83 bits per heavy atom. The quantitative estimate of drug-likeness (QED) is 0.782. The van der Waals surface area contributed by atoms with E-state index in [4.69, 9.17) is 4.74 Å². The summed E-state index contributed by atoms with van der Waals surface area (Å²) < 4.78 is 6.15. The predicted octanol–water partition coefficient (Wildman–Crippen LogP) is 4.93. The van der Waals surface area contributed by atoms with Gasteiger partial charge in [-0.2, -0.15) is 0 Å². The van der Waals surface area contributed by atoms with Crippen molar-refractivity contribution in [2.75, 3.05) is 13.1 Å². The molecule has 0 radical (unpaired) electrons. The molecule has 0 spiro atoms. The van der Waals surface area contributed by atoms with Gasteiger partial charge in [-0.05, 0) is 65.3 Å². The first-order chi connectivity index (χ1) is 14.3. The topological polar surface area (TPSA) is 41.6 Å². The SMILES string of the molecule is Cc1cccc(CN2CCC(C(=O)NC3CC(C)(C)Oc4ccc(C)cc43)CC2)c1. The maximum absolute atomic E-state index is 13.1. The zero-order valence-electron chi connectivity index (χ0n) is 18.7. The molecule has 1 fully saturated rings. The molecule has 0 bridgehead atoms. The van der Waals surface area contributed by atoms with E-state index in [1.165, 1.54) is 16.7 Å². The Kier molecular flexibility index (Phi) is 5.88. The summed E-state index contributed by atoms with van der Waals surface area (Å²) in [6.07, 6.45) is 2.64. The van der Waals surface area contributed by atoms with Gasteiger partial charge in [0.2, 0.25) is 5.91 Å². The van der Waals surface area contributed by atoms with Gasteiger partial charge in [0.15, 0.2) is 0 Å². The van der Waals surface area contributed by atoms with Gasteiger partial charge in [0.05, 0.1) is 6.04 Å². The van der Waals surface area contributed by atoms with Gasteiger partial charge in [-0.3, -0.25) is 9.69 Å². The molecule has 2 aliphatic rings. The van der Waals surface area contributed by atoms with Crippen molar-refractivity contribution < 1.29 is 9.53 Å². The van der Waals surface area contributed by atoms with Gasteiger partial charge in [-0.1, -0.05) is 47.5 Å². The van der Waals surface area contributed by atoms with Gasteiger partial charge in [0, 0.05) is 24.4 Å². The molecule has 4 heteroatoms. The molecule has 1 N–H and O–H groups in total. The Balaban J connectivity index is 1.36. The average Bonchev–Trinajstić information content (AvgIpc) is 2.68. The van der Waals surface area contributed by atoms with Crippen LogP contribution in [0, 0.1) is 19.8 Å². The van der Waals surface area contributed by atoms with Crippen LogP contribution in [0.1, 0.15) is 61.4 Å². The van der Waals surface area contributed by atoms with Crippen LogP contribution in [0.15, 0.2) is 42.5 Å². The van der Waals surface area contributed by atoms with Crippen LogP contribution in [-0.4, -0.2) is 29.5 Å². The third kappa shape index (κ3) is 4.86. The van der Waals surface area contributed by atoms with Crippen molar-refractivity contribution in [2.45, 2.75) is 65.1 Å². The molecule has 2 heterocycles. The summed E-state index contributed by atoms with van der Waals surface area (Å²) in [6, 6.07) is 15.0. The fourth-order valence-corrected chi connectivity index (χ4v) is 4.81. The van der Waals surface area contributed by atoms with Crippen LogP contribution < -0.4 is 10.1 Å². The van der Waals surface area contributed by atoms with Crippen molar-refractivity contribution in [1.82, 2.24) is 10.2 Å². The van der Waals surface area contributed by atoms with Crippen molar-refractivity contribution in [3.8, 4) is 5.75 Å². The number of likely N-dealkylation sites (tertiary alicyclic amines) is 1. The fourth-order valence-electron chi connectivity index (χ4n) is 4.81. The Hall–Kier alpha value is -2.33. The zero-order valence-corrected chi connectivity index (χ0v) is 18.7. The first-order valence-corrected chi connectivity index (χ1v) is 11.2. The predicted molar refractivity (Wildman–Crippen MR) is 121 cm³/mol. The van der Waals surface area contributed by atoms with Crippen LogP contribution in [0.3, 0.4) is 0 Å². The number of carbonyl (C=O) groups is 1. The second-order valence-corrected chi connectivity index (χ2v) is 9.71. The van der Waals surface area contributed by atoms with Gasteiger partial charge >= 0.3 is 0 Å². The molecule has 2 aliphatic heterocycles. The third-order valence-corrected chi connectivity index (χ3v) is 6.39. The van der Waals surface area contributed by atoms with E-state index >= 15 is 0 Å². The molecular weight excluding hydrogens is 372 g/mol. The summed E-state index contributed by atoms with van der Waals surface area (Å²) in [5.41, 5.74) is 4.68. The third-order valence-electron chi connectivity index (χ3n) is 6.39. The van der Waals surface area contributed by atoms with Crippen LogP contribution in [0.5, 0.6) is 5.75 Å². The van der Waals surface area contributed by atoms with Crippen molar-refractivity contribution in [3.63, 3.8) is 0 Å². The number of aryl methyl sites for hydroxylation is 2. The maximum Gasteiger partial charge on any atom is 0.223 e. The molecule has 1 atom stereocenters. The fraction of sp³-hybridized carbons (Fsp3) is 0.500. The normalized spacial score (nSPS) is 21.5. The minimum atomic E-state index is -0.280. The minimum Gasteiger partial charge on any atom is -0.487 e. The standard InChI is InChI=1S/C26H34N2O2/c1-18-6-5-7-20(14-18)17-28-12-10-21(11-13-28)25(29)27-23-16-26(3,4)30-24-9-8-19(2)15-22(23)24/h5-9,14-15,21,23H,10-13,16-17H2,1-4H3,(H,27,29). The van der Waals surface area contributed by atoms with Crippen LogP contribution in [-0.2, 0) is 11.3 Å². The summed E-state index contributed by atoms with van der Waals surface area (Å²) >= 11 is 0. The number of hydrogen-bond acceptors (Lipinski definition) is 3. The highest BCUT2D eigenvalue weighted by Gasteiger charge is 2.36. The molecule has 0 aliphatic carbocycles. The lowest BCUT2D eigenvalue weighted by molar-refractivity contribution is -0.127. The minimum absolute atomic E-state index is 0.0153. The van der Waals surface area contributed by atoms with Crippen LogP contribution in [0.2, 0.25) is 0 Å². The van der Waals surface area contributed by atoms with Gasteiger partial charge in [0.1, 0.15) is 11.4 Å². The molecule has 0 saturated carbocycles. The van der Waals surface area contributed by atoms with Gasteiger partial charge in [-0.25, -0.2) is 0 Å². The van der Waals surface area contributed by atoms with Gasteiger partial charge in [0.25, 0.3) is 0 Å². The van der Waals surface area contributed by atoms with E-state index in [9.17, 15) is 4.79 Å². The number of benzene rings is 2. The monoisotopic (exact) mass is 406 g/mol. The number of carbonyl (C=O) groups excluding carboxylic acids is 1. The number of rotatable bonds is 4. The van der Waals surface area contributed by atoms with Crippen molar-refractivity contribution in [2.24, 2.45) is 5.92 Å². The lowest BCUT2D eigenvalue weighted by atomic mass is 9.88. The van der Waals surface area contributed by atoms with E-state index in [1.54, 1.807) is 0 Å². The van der Waals surface area contributed by atoms with E-state index in [1.807, 2.05) is 6.07 Å². The number of nitrogens with zero attached hydrogens (tertiary/aromatic N) is 1. The molecule has 160 valence electrons. The van der Waals surface area contributed by atoms with Gasteiger partial charge in [-0.15, -0.1) is 0 Å². The van der Waals surface area contributed by atoms with E-state index in [0.29, 0.717) is 0 Å². The van der Waals surface area contributed by atoms with Gasteiger partial charge < -0.3 is 10.1 Å². The Morgan fingerprint density at radius 1 is 1.10 bits per heavy atom. The second-order valence-electron chi connectivity index (χ2n) is 9.71. The van der Waals surface area contributed by atoms with E-state index in [-0.39, 0.29) is 23.5 Å². The summed E-state index contributed by atoms with van der Waals surface area (Å²) in [6.45, 7) is 11.3. The molecule has 2 aromatic rings. The van der Waals surface area contributed by atoms with Crippen molar-refractivity contribution in [1.29, 1.82) is 0 Å². The Bertz CT molecular complexity index is 913. The first-order valence-electron chi connectivity index (χ1n) is 11.2. The summed E-state index contributed by atoms with van der Waals surface area (Å²) in [4.78, 5) is 15.6. The highest BCUT2D eigenvalue weighted by Crippen LogP contribution is 2.40. The molecule has 4 nitrogen and oxygen atoms in total. The Labute approximate surface area is 180 Å². The number of amides is 1. The summed E-state index contributed by atoms with van der Waals surface area (Å²) in [7, 11) is 0. The number of piperidine rings is 1. The van der Waals surface area contributed by atoms with Crippen LogP contribution in [0.4, 0.5) is 0 Å². The summed E-state index contributed by atoms with van der Waals surface area (Å²) in [5.74, 6) is 1.19. The molecule has 4 rings (SSSR count). The van der Waals surface area contributed by atoms with Crippen LogP contribution in [0.25, 0.3) is 0 Å². The average molecular weight is 407 g/mol. The molecule has 30 heavy (non-hydrogen) atoms. The van der Waals surface area contributed by atoms with E-state index in [2.05, 4.69) is 74.3 Å². The zero-order chi connectivity index (χ0) is 21.3. The van der Waals surface area contributed by atoms with Crippen LogP contribution >= 0.6 is 0 Å². The molecule has 1 saturated heterocycles. The first kappa shape index (κ1) is 20.9. The van der Waals surface area contributed by atoms with E-state index < -0.39 is 0 Å². The summed E-state index contributed by atoms with van der Waals surface area (Å²) in [5, 5.41) is 3.36. The highest BCUT2D eigenvalue weighted by molar-refractivity contribution is 5.79. The number of ether oxygens (including phenoxy) is 1. The number of nitrogens with one attached hydrogen (secondary N) is 1. The largest absolute Gasteiger partial charge is 0.487 e. The second kappa shape index (κ2) is 8.43. The molecular formula is C26H34N2O2. The lowest BCUT2D eigenvalue weighted by Crippen LogP contribution is -2.45. The van der Waals surface area contributed by atoms with E-state index in [0.717, 1.165) is 50.2 Å². The number of hydrogen-bond donors (Lipinski definition) is 1. The van der Waals surface area contributed by atoms with Crippen molar-refractivity contribution >= 4 is 5.91 Å². The van der Waals surface area contributed by atoms with Crippen molar-refractivity contribution in [3.05, 3.63) is 64.7 Å².